The molecule has 120 valence electrons. The van der Waals surface area contributed by atoms with Crippen LogP contribution in [0.5, 0.6) is 5.75 Å². The summed E-state index contributed by atoms with van der Waals surface area (Å²) in [6, 6.07) is 8.37. The van der Waals surface area contributed by atoms with Crippen LogP contribution in [0.25, 0.3) is 0 Å². The van der Waals surface area contributed by atoms with Gasteiger partial charge >= 0.3 is 0 Å². The Morgan fingerprint density at radius 2 is 1.64 bits per heavy atom. The summed E-state index contributed by atoms with van der Waals surface area (Å²) < 4.78 is 5.23. The van der Waals surface area contributed by atoms with E-state index in [0.29, 0.717) is 5.92 Å². The number of methoxy groups -OCH3 is 1. The van der Waals surface area contributed by atoms with Crippen LogP contribution in [-0.2, 0) is 0 Å². The molecule has 4 heteroatoms. The van der Waals surface area contributed by atoms with Crippen molar-refractivity contribution in [3.8, 4) is 5.75 Å². The Kier molecular flexibility index (Phi) is 5.19. The van der Waals surface area contributed by atoms with Gasteiger partial charge in [-0.1, -0.05) is 31.5 Å². The number of hydrogen-bond donors (Lipinski definition) is 0. The Morgan fingerprint density at radius 3 is 2.23 bits per heavy atom. The molecule has 0 atom stereocenters. The number of ether oxygens (including phenoxy) is 1. The molecule has 1 saturated carbocycles. The van der Waals surface area contributed by atoms with E-state index in [1.165, 1.54) is 42.8 Å². The lowest BCUT2D eigenvalue weighted by Crippen LogP contribution is -2.50. The third-order valence-electron chi connectivity index (χ3n) is 4.98. The Bertz CT molecular complexity index is 488. The molecule has 0 aromatic heterocycles. The largest absolute Gasteiger partial charge is 0.497 e. The van der Waals surface area contributed by atoms with Crippen LogP contribution < -0.4 is 9.64 Å². The molecule has 1 aromatic rings. The van der Waals surface area contributed by atoms with Crippen LogP contribution in [0.15, 0.2) is 24.3 Å². The lowest BCUT2D eigenvalue weighted by molar-refractivity contribution is 0.346. The van der Waals surface area contributed by atoms with Gasteiger partial charge in [-0.05, 0) is 37.1 Å². The van der Waals surface area contributed by atoms with Gasteiger partial charge in [0.15, 0.2) is 0 Å². The van der Waals surface area contributed by atoms with Gasteiger partial charge in [0.25, 0.3) is 0 Å². The van der Waals surface area contributed by atoms with Crippen LogP contribution in [0, 0.1) is 5.92 Å². The lowest BCUT2D eigenvalue weighted by Gasteiger charge is -2.40. The number of thiocarbonyl (C=S) groups is 1. The normalized spacial score (nSPS) is 20.0. The van der Waals surface area contributed by atoms with E-state index in [2.05, 4.69) is 21.9 Å². The molecule has 0 radical (unpaired) electrons. The number of anilines is 1. The predicted molar refractivity (Wildman–Crippen MR) is 96.0 cm³/mol. The highest BCUT2D eigenvalue weighted by atomic mass is 32.1. The summed E-state index contributed by atoms with van der Waals surface area (Å²) in [5.74, 6) is 1.58. The first-order valence-electron chi connectivity index (χ1n) is 8.46. The molecule has 2 fully saturated rings. The van der Waals surface area contributed by atoms with Crippen LogP contribution in [-0.4, -0.2) is 43.2 Å². The quantitative estimate of drug-likeness (QED) is 0.789. The van der Waals surface area contributed by atoms with Crippen molar-refractivity contribution in [2.24, 2.45) is 5.92 Å². The zero-order chi connectivity index (χ0) is 15.4. The summed E-state index contributed by atoms with van der Waals surface area (Å²) in [5.41, 5.74) is 1.28. The van der Waals surface area contributed by atoms with E-state index in [9.17, 15) is 0 Å². The standard InChI is InChI=1S/C18H26N2OS/c1-21-17-9-7-16(8-10-17)19-11-13-20(14-12-19)18(22)15-5-3-2-4-6-15/h7-10,15H,2-6,11-14H2,1H3. The number of piperazine rings is 1. The van der Waals surface area contributed by atoms with Crippen molar-refractivity contribution in [2.45, 2.75) is 32.1 Å². The van der Waals surface area contributed by atoms with Crippen LogP contribution in [0.4, 0.5) is 5.69 Å². The molecule has 0 N–H and O–H groups in total. The van der Waals surface area contributed by atoms with Gasteiger partial charge < -0.3 is 14.5 Å². The number of rotatable bonds is 3. The van der Waals surface area contributed by atoms with Gasteiger partial charge in [-0.25, -0.2) is 0 Å². The molecule has 1 saturated heterocycles. The Morgan fingerprint density at radius 1 is 1.00 bits per heavy atom. The van der Waals surface area contributed by atoms with Crippen molar-refractivity contribution in [1.29, 1.82) is 0 Å². The van der Waals surface area contributed by atoms with Gasteiger partial charge in [0, 0.05) is 37.8 Å². The van der Waals surface area contributed by atoms with Gasteiger partial charge in [0.2, 0.25) is 0 Å². The second-order valence-electron chi connectivity index (χ2n) is 6.35. The van der Waals surface area contributed by atoms with Crippen LogP contribution in [0.1, 0.15) is 32.1 Å². The first-order valence-corrected chi connectivity index (χ1v) is 8.86. The fraction of sp³-hybridized carbons (Fsp3) is 0.611. The van der Waals surface area contributed by atoms with E-state index in [-0.39, 0.29) is 0 Å². The molecular formula is C18H26N2OS. The first kappa shape index (κ1) is 15.6. The van der Waals surface area contributed by atoms with E-state index in [4.69, 9.17) is 17.0 Å². The molecule has 0 unspecified atom stereocenters. The van der Waals surface area contributed by atoms with Crippen LogP contribution >= 0.6 is 12.2 Å². The second-order valence-corrected chi connectivity index (χ2v) is 6.76. The third-order valence-corrected chi connectivity index (χ3v) is 5.57. The minimum Gasteiger partial charge on any atom is -0.497 e. The summed E-state index contributed by atoms with van der Waals surface area (Å²) in [6.45, 7) is 4.22. The zero-order valence-electron chi connectivity index (χ0n) is 13.5. The maximum Gasteiger partial charge on any atom is 0.119 e. The summed E-state index contributed by atoms with van der Waals surface area (Å²) in [4.78, 5) is 6.12. The minimum absolute atomic E-state index is 0.663. The number of hydrogen-bond acceptors (Lipinski definition) is 3. The Hall–Kier alpha value is -1.29. The molecule has 1 aliphatic carbocycles. The molecule has 1 heterocycles. The first-order chi connectivity index (χ1) is 10.8. The maximum atomic E-state index is 5.77. The van der Waals surface area contributed by atoms with E-state index in [0.717, 1.165) is 31.9 Å². The second kappa shape index (κ2) is 7.32. The fourth-order valence-corrected chi connectivity index (χ4v) is 4.00. The van der Waals surface area contributed by atoms with Gasteiger partial charge in [-0.15, -0.1) is 0 Å². The molecule has 22 heavy (non-hydrogen) atoms. The van der Waals surface area contributed by atoms with Crippen LogP contribution in [0.3, 0.4) is 0 Å². The molecule has 0 spiro atoms. The molecule has 1 aromatic carbocycles. The van der Waals surface area contributed by atoms with E-state index < -0.39 is 0 Å². The smallest absolute Gasteiger partial charge is 0.119 e. The summed E-state index contributed by atoms with van der Waals surface area (Å²) in [5, 5.41) is 0. The molecule has 0 amide bonds. The Labute approximate surface area is 139 Å². The average molecular weight is 318 g/mol. The van der Waals surface area contributed by atoms with Gasteiger partial charge in [-0.2, -0.15) is 0 Å². The SMILES string of the molecule is COc1ccc(N2CCN(C(=S)C3CCCCC3)CC2)cc1. The third kappa shape index (κ3) is 3.54. The van der Waals surface area contributed by atoms with Crippen molar-refractivity contribution in [3.63, 3.8) is 0 Å². The molecule has 1 aliphatic heterocycles. The van der Waals surface area contributed by atoms with Crippen molar-refractivity contribution in [3.05, 3.63) is 24.3 Å². The highest BCUT2D eigenvalue weighted by molar-refractivity contribution is 7.80. The molecular weight excluding hydrogens is 292 g/mol. The van der Waals surface area contributed by atoms with E-state index in [1.807, 2.05) is 12.1 Å². The van der Waals surface area contributed by atoms with Crippen molar-refractivity contribution in [1.82, 2.24) is 4.90 Å². The molecule has 0 bridgehead atoms. The van der Waals surface area contributed by atoms with Crippen molar-refractivity contribution in [2.75, 3.05) is 38.2 Å². The summed E-state index contributed by atoms with van der Waals surface area (Å²) >= 11 is 5.77. The zero-order valence-corrected chi connectivity index (χ0v) is 14.3. The highest BCUT2D eigenvalue weighted by Crippen LogP contribution is 2.27. The summed E-state index contributed by atoms with van der Waals surface area (Å²) in [6.07, 6.45) is 6.71. The monoisotopic (exact) mass is 318 g/mol. The Balaban J connectivity index is 1.54. The fourth-order valence-electron chi connectivity index (χ4n) is 3.59. The minimum atomic E-state index is 0.663. The van der Waals surface area contributed by atoms with Gasteiger partial charge in [0.05, 0.1) is 12.1 Å². The van der Waals surface area contributed by atoms with E-state index >= 15 is 0 Å². The predicted octanol–water partition coefficient (Wildman–Crippen LogP) is 3.72. The maximum absolute atomic E-state index is 5.77. The molecule has 2 aliphatic rings. The van der Waals surface area contributed by atoms with E-state index in [1.54, 1.807) is 7.11 Å². The average Bonchev–Trinajstić information content (AvgIpc) is 2.62. The summed E-state index contributed by atoms with van der Waals surface area (Å²) in [7, 11) is 1.71. The number of nitrogens with zero attached hydrogens (tertiary/aromatic N) is 2. The lowest BCUT2D eigenvalue weighted by atomic mass is 9.88. The van der Waals surface area contributed by atoms with Gasteiger partial charge in [-0.3, -0.25) is 0 Å². The van der Waals surface area contributed by atoms with Crippen LogP contribution in [0.2, 0.25) is 0 Å². The molecule has 3 rings (SSSR count). The molecule has 3 nitrogen and oxygen atoms in total. The van der Waals surface area contributed by atoms with Crippen molar-refractivity contribution >= 4 is 22.9 Å². The van der Waals surface area contributed by atoms with Gasteiger partial charge in [0.1, 0.15) is 5.75 Å². The highest BCUT2D eigenvalue weighted by Gasteiger charge is 2.25. The number of benzene rings is 1. The topological polar surface area (TPSA) is 15.7 Å². The van der Waals surface area contributed by atoms with Crippen molar-refractivity contribution < 1.29 is 4.74 Å².